The Morgan fingerprint density at radius 1 is 0.917 bits per heavy atom. The molecule has 0 spiro atoms. The fourth-order valence-corrected chi connectivity index (χ4v) is 6.02. The molecule has 3 heterocycles. The average molecular weight is 513 g/mol. The molecule has 8 nitrogen and oxygen atoms in total. The number of rotatable bonds is 5. The summed E-state index contributed by atoms with van der Waals surface area (Å²) in [4.78, 5) is 42.1. The fourth-order valence-electron chi connectivity index (χ4n) is 5.77. The first kappa shape index (κ1) is 25.1. The zero-order chi connectivity index (χ0) is 24.9. The van der Waals surface area contributed by atoms with Crippen LogP contribution in [0.2, 0.25) is 5.02 Å². The molecular weight excluding hydrogens is 476 g/mol. The van der Waals surface area contributed by atoms with E-state index in [0.29, 0.717) is 31.5 Å². The lowest BCUT2D eigenvalue weighted by Gasteiger charge is -2.36. The van der Waals surface area contributed by atoms with Gasteiger partial charge in [-0.3, -0.25) is 19.5 Å². The summed E-state index contributed by atoms with van der Waals surface area (Å²) in [5, 5.41) is 0.781. The molecule has 5 rings (SSSR count). The molecule has 2 aliphatic heterocycles. The molecule has 3 aliphatic rings. The van der Waals surface area contributed by atoms with Crippen LogP contribution in [0.4, 0.5) is 11.6 Å². The maximum atomic E-state index is 13.0. The van der Waals surface area contributed by atoms with E-state index in [1.165, 1.54) is 19.3 Å². The first-order valence-electron chi connectivity index (χ1n) is 13.4. The summed E-state index contributed by atoms with van der Waals surface area (Å²) in [7, 11) is 0. The predicted molar refractivity (Wildman–Crippen MR) is 144 cm³/mol. The summed E-state index contributed by atoms with van der Waals surface area (Å²) in [6, 6.07) is 9.57. The molecule has 2 saturated heterocycles. The predicted octanol–water partition coefficient (Wildman–Crippen LogP) is 3.36. The Hall–Kier alpha value is -2.58. The number of carbonyl (C=O) groups is 1. The van der Waals surface area contributed by atoms with Crippen LogP contribution in [-0.2, 0) is 11.3 Å². The van der Waals surface area contributed by atoms with Gasteiger partial charge >= 0.3 is 0 Å². The highest BCUT2D eigenvalue weighted by Gasteiger charge is 2.28. The maximum absolute atomic E-state index is 13.0. The summed E-state index contributed by atoms with van der Waals surface area (Å²) in [5.74, 6) is 1.15. The second-order valence-corrected chi connectivity index (χ2v) is 10.7. The summed E-state index contributed by atoms with van der Waals surface area (Å²) < 4.78 is 0. The van der Waals surface area contributed by atoms with Crippen LogP contribution in [0.5, 0.6) is 0 Å². The molecule has 1 N–H and O–H groups in total. The highest BCUT2D eigenvalue weighted by atomic mass is 35.5. The van der Waals surface area contributed by atoms with Gasteiger partial charge in [-0.1, -0.05) is 43.0 Å². The standard InChI is InChI=1S/C27H37ClN6O2/c28-23-9-4-5-10-24(23)32-15-13-31(14-16-32)20-22-19-25(35)30-27(29-22)34-12-6-11-33(17-18-34)26(36)21-7-2-1-3-8-21/h4-5,9-10,19,21H,1-3,6-8,11-18,20H2,(H,29,30,35). The number of hydrogen-bond donors (Lipinski definition) is 1. The molecule has 1 aliphatic carbocycles. The molecule has 1 aromatic carbocycles. The van der Waals surface area contributed by atoms with Crippen LogP contribution < -0.4 is 15.4 Å². The van der Waals surface area contributed by atoms with Crippen molar-refractivity contribution in [2.75, 3.05) is 62.2 Å². The smallest absolute Gasteiger partial charge is 0.252 e. The zero-order valence-electron chi connectivity index (χ0n) is 21.0. The van der Waals surface area contributed by atoms with Crippen LogP contribution in [0.25, 0.3) is 0 Å². The second kappa shape index (κ2) is 11.6. The average Bonchev–Trinajstić information content (AvgIpc) is 3.16. The Morgan fingerprint density at radius 3 is 2.44 bits per heavy atom. The van der Waals surface area contributed by atoms with Crippen molar-refractivity contribution in [3.63, 3.8) is 0 Å². The Bertz CT molecular complexity index is 1090. The van der Waals surface area contributed by atoms with E-state index in [0.717, 1.165) is 74.9 Å². The van der Waals surface area contributed by atoms with Gasteiger partial charge in [-0.2, -0.15) is 0 Å². The lowest BCUT2D eigenvalue weighted by molar-refractivity contribution is -0.136. The molecule has 36 heavy (non-hydrogen) atoms. The number of hydrogen-bond acceptors (Lipinski definition) is 6. The molecule has 1 saturated carbocycles. The van der Waals surface area contributed by atoms with Crippen LogP contribution in [0, 0.1) is 5.92 Å². The molecule has 3 fully saturated rings. The molecule has 0 unspecified atom stereocenters. The normalized spacial score (nSPS) is 20.4. The number of aromatic amines is 1. The molecule has 194 valence electrons. The molecule has 0 atom stereocenters. The largest absolute Gasteiger partial charge is 0.368 e. The van der Waals surface area contributed by atoms with Crippen molar-refractivity contribution < 1.29 is 4.79 Å². The topological polar surface area (TPSA) is 75.8 Å². The summed E-state index contributed by atoms with van der Waals surface area (Å²) >= 11 is 6.38. The molecule has 2 aromatic rings. The van der Waals surface area contributed by atoms with E-state index in [1.54, 1.807) is 6.07 Å². The summed E-state index contributed by atoms with van der Waals surface area (Å²) in [6.45, 7) is 7.15. The summed E-state index contributed by atoms with van der Waals surface area (Å²) in [5.41, 5.74) is 1.75. The van der Waals surface area contributed by atoms with Gasteiger partial charge in [0.2, 0.25) is 11.9 Å². The quantitative estimate of drug-likeness (QED) is 0.662. The van der Waals surface area contributed by atoms with E-state index in [4.69, 9.17) is 16.6 Å². The van der Waals surface area contributed by atoms with Crippen molar-refractivity contribution in [2.45, 2.75) is 45.1 Å². The number of H-pyrrole nitrogens is 1. The highest BCUT2D eigenvalue weighted by molar-refractivity contribution is 6.33. The second-order valence-electron chi connectivity index (χ2n) is 10.3. The first-order valence-corrected chi connectivity index (χ1v) is 13.8. The van der Waals surface area contributed by atoms with Crippen LogP contribution in [0.3, 0.4) is 0 Å². The molecular formula is C27H37ClN6O2. The third-order valence-electron chi connectivity index (χ3n) is 7.79. The third kappa shape index (κ3) is 6.03. The molecule has 0 bridgehead atoms. The number of halogens is 1. The summed E-state index contributed by atoms with van der Waals surface area (Å²) in [6.07, 6.45) is 6.54. The van der Waals surface area contributed by atoms with Gasteiger partial charge in [-0.25, -0.2) is 4.98 Å². The van der Waals surface area contributed by atoms with Gasteiger partial charge in [0.25, 0.3) is 5.56 Å². The lowest BCUT2D eigenvalue weighted by atomic mass is 9.88. The van der Waals surface area contributed by atoms with Crippen LogP contribution in [0.1, 0.15) is 44.2 Å². The number of aromatic nitrogens is 2. The van der Waals surface area contributed by atoms with Crippen molar-refractivity contribution >= 4 is 29.1 Å². The van der Waals surface area contributed by atoms with Crippen molar-refractivity contribution in [3.05, 3.63) is 51.4 Å². The van der Waals surface area contributed by atoms with E-state index in [1.807, 2.05) is 23.1 Å². The first-order chi connectivity index (χ1) is 17.6. The van der Waals surface area contributed by atoms with Gasteiger partial charge in [0.05, 0.1) is 16.4 Å². The Balaban J connectivity index is 1.18. The van der Waals surface area contributed by atoms with Gasteiger partial charge in [0.15, 0.2) is 0 Å². The van der Waals surface area contributed by atoms with E-state index in [2.05, 4.69) is 25.8 Å². The van der Waals surface area contributed by atoms with E-state index < -0.39 is 0 Å². The number of anilines is 2. The number of amides is 1. The monoisotopic (exact) mass is 512 g/mol. The fraction of sp³-hybridized carbons (Fsp3) is 0.593. The van der Waals surface area contributed by atoms with E-state index >= 15 is 0 Å². The number of carbonyl (C=O) groups excluding carboxylic acids is 1. The van der Waals surface area contributed by atoms with E-state index in [9.17, 15) is 9.59 Å². The zero-order valence-corrected chi connectivity index (χ0v) is 21.8. The Kier molecular flexibility index (Phi) is 8.12. The van der Waals surface area contributed by atoms with Gasteiger partial charge in [-0.05, 0) is 31.4 Å². The molecule has 9 heteroatoms. The van der Waals surface area contributed by atoms with Gasteiger partial charge < -0.3 is 14.7 Å². The Morgan fingerprint density at radius 2 is 1.67 bits per heavy atom. The number of nitrogens with zero attached hydrogens (tertiary/aromatic N) is 5. The minimum absolute atomic E-state index is 0.121. The number of nitrogens with one attached hydrogen (secondary N) is 1. The van der Waals surface area contributed by atoms with Gasteiger partial charge in [0.1, 0.15) is 0 Å². The molecule has 1 aromatic heterocycles. The van der Waals surface area contributed by atoms with Crippen LogP contribution >= 0.6 is 11.6 Å². The van der Waals surface area contributed by atoms with Crippen molar-refractivity contribution in [1.29, 1.82) is 0 Å². The van der Waals surface area contributed by atoms with Crippen molar-refractivity contribution in [1.82, 2.24) is 19.8 Å². The van der Waals surface area contributed by atoms with Crippen molar-refractivity contribution in [2.24, 2.45) is 5.92 Å². The highest BCUT2D eigenvalue weighted by Crippen LogP contribution is 2.27. The van der Waals surface area contributed by atoms with Gasteiger partial charge in [0, 0.05) is 70.9 Å². The van der Waals surface area contributed by atoms with Crippen LogP contribution in [0.15, 0.2) is 35.1 Å². The maximum Gasteiger partial charge on any atom is 0.252 e. The SMILES string of the molecule is O=C(C1CCCCC1)N1CCCN(c2nc(CN3CCN(c4ccccc4Cl)CC3)cc(=O)[nH]2)CC1. The van der Waals surface area contributed by atoms with Gasteiger partial charge in [-0.15, -0.1) is 0 Å². The minimum atomic E-state index is -0.121. The Labute approximate surface area is 218 Å². The number of benzene rings is 1. The lowest BCUT2D eigenvalue weighted by Crippen LogP contribution is -2.46. The van der Waals surface area contributed by atoms with Crippen LogP contribution in [-0.4, -0.2) is 78.0 Å². The minimum Gasteiger partial charge on any atom is -0.368 e. The van der Waals surface area contributed by atoms with Crippen molar-refractivity contribution in [3.8, 4) is 0 Å². The number of para-hydroxylation sites is 1. The number of piperazine rings is 1. The third-order valence-corrected chi connectivity index (χ3v) is 8.11. The van der Waals surface area contributed by atoms with E-state index in [-0.39, 0.29) is 11.5 Å². The molecule has 1 amide bonds. The molecule has 0 radical (unpaired) electrons.